The van der Waals surface area contributed by atoms with Crippen LogP contribution < -0.4 is 5.32 Å². The third kappa shape index (κ3) is 5.16. The Morgan fingerprint density at radius 2 is 2.26 bits per heavy atom. The first kappa shape index (κ1) is 15.9. The molecule has 0 aromatic heterocycles. The van der Waals surface area contributed by atoms with E-state index in [-0.39, 0.29) is 24.4 Å². The van der Waals surface area contributed by atoms with Gasteiger partial charge in [0.05, 0.1) is 25.7 Å². The van der Waals surface area contributed by atoms with Gasteiger partial charge in [0.2, 0.25) is 5.91 Å². The first-order valence-electron chi connectivity index (χ1n) is 6.89. The van der Waals surface area contributed by atoms with Crippen LogP contribution in [0, 0.1) is 0 Å². The number of hydrogen-bond donors (Lipinski definition) is 2. The minimum Gasteiger partial charge on any atom is -0.481 e. The lowest BCUT2D eigenvalue weighted by Crippen LogP contribution is -2.55. The van der Waals surface area contributed by atoms with Gasteiger partial charge in [-0.25, -0.2) is 0 Å². The molecule has 0 aromatic carbocycles. The molecule has 0 aromatic rings. The molecule has 2 atom stereocenters. The molecule has 1 aliphatic rings. The second kappa shape index (κ2) is 8.12. The van der Waals surface area contributed by atoms with Crippen LogP contribution in [0.3, 0.4) is 0 Å². The first-order chi connectivity index (χ1) is 9.06. The quantitative estimate of drug-likeness (QED) is 0.659. The number of unbranched alkanes of at least 4 members (excludes halogenated alkanes) is 1. The molecule has 1 fully saturated rings. The number of ether oxygens (including phenoxy) is 1. The summed E-state index contributed by atoms with van der Waals surface area (Å²) in [5, 5.41) is 11.8. The predicted octanol–water partition coefficient (Wildman–Crippen LogP) is 0.467. The molecule has 0 bridgehead atoms. The lowest BCUT2D eigenvalue weighted by Gasteiger charge is -2.38. The molecule has 2 unspecified atom stereocenters. The maximum atomic E-state index is 12.0. The zero-order valence-electron chi connectivity index (χ0n) is 11.7. The number of nitrogens with zero attached hydrogens (tertiary/aromatic N) is 1. The fraction of sp³-hybridized carbons (Fsp3) is 0.846. The van der Waals surface area contributed by atoms with Crippen LogP contribution in [0.25, 0.3) is 0 Å². The van der Waals surface area contributed by atoms with E-state index >= 15 is 0 Å². The van der Waals surface area contributed by atoms with Gasteiger partial charge in [-0.2, -0.15) is 0 Å². The SMILES string of the molecule is CCCCNC(=O)C(C)N1CCOCC1CC(=O)O. The summed E-state index contributed by atoms with van der Waals surface area (Å²) in [5.74, 6) is -0.898. The Labute approximate surface area is 114 Å². The van der Waals surface area contributed by atoms with Gasteiger partial charge < -0.3 is 15.2 Å². The van der Waals surface area contributed by atoms with Gasteiger partial charge in [0.1, 0.15) is 0 Å². The molecule has 0 spiro atoms. The van der Waals surface area contributed by atoms with Crippen molar-refractivity contribution in [2.24, 2.45) is 0 Å². The lowest BCUT2D eigenvalue weighted by molar-refractivity contribution is -0.143. The molecule has 1 saturated heterocycles. The number of carboxylic acid groups (broad SMARTS) is 1. The van der Waals surface area contributed by atoms with E-state index in [9.17, 15) is 9.59 Å². The number of carboxylic acids is 1. The van der Waals surface area contributed by atoms with Gasteiger partial charge in [-0.3, -0.25) is 14.5 Å². The highest BCUT2D eigenvalue weighted by Gasteiger charge is 2.31. The second-order valence-electron chi connectivity index (χ2n) is 4.88. The highest BCUT2D eigenvalue weighted by Crippen LogP contribution is 2.14. The Morgan fingerprint density at radius 1 is 1.53 bits per heavy atom. The molecule has 2 N–H and O–H groups in total. The van der Waals surface area contributed by atoms with Crippen LogP contribution in [0.1, 0.15) is 33.1 Å². The lowest BCUT2D eigenvalue weighted by atomic mass is 10.1. The maximum absolute atomic E-state index is 12.0. The summed E-state index contributed by atoms with van der Waals surface area (Å²) in [5.41, 5.74) is 0. The number of amides is 1. The van der Waals surface area contributed by atoms with Crippen molar-refractivity contribution in [1.82, 2.24) is 10.2 Å². The molecule has 0 radical (unpaired) electrons. The van der Waals surface area contributed by atoms with Crippen molar-refractivity contribution in [3.8, 4) is 0 Å². The highest BCUT2D eigenvalue weighted by molar-refractivity contribution is 5.81. The van der Waals surface area contributed by atoms with Crippen molar-refractivity contribution in [2.45, 2.75) is 45.2 Å². The van der Waals surface area contributed by atoms with Gasteiger partial charge in [-0.15, -0.1) is 0 Å². The summed E-state index contributed by atoms with van der Waals surface area (Å²) < 4.78 is 5.30. The average Bonchev–Trinajstić information content (AvgIpc) is 2.38. The fourth-order valence-electron chi connectivity index (χ4n) is 2.24. The van der Waals surface area contributed by atoms with E-state index in [1.165, 1.54) is 0 Å². The van der Waals surface area contributed by atoms with Crippen molar-refractivity contribution in [3.63, 3.8) is 0 Å². The van der Waals surface area contributed by atoms with Gasteiger partial charge in [-0.05, 0) is 13.3 Å². The van der Waals surface area contributed by atoms with E-state index in [2.05, 4.69) is 12.2 Å². The van der Waals surface area contributed by atoms with Crippen LogP contribution in [0.15, 0.2) is 0 Å². The first-order valence-corrected chi connectivity index (χ1v) is 6.89. The summed E-state index contributed by atoms with van der Waals surface area (Å²) in [6.45, 7) is 6.08. The van der Waals surface area contributed by atoms with E-state index in [1.807, 2.05) is 11.8 Å². The summed E-state index contributed by atoms with van der Waals surface area (Å²) in [6.07, 6.45) is 2.00. The van der Waals surface area contributed by atoms with Crippen LogP contribution in [0.2, 0.25) is 0 Å². The molecule has 1 amide bonds. The molecule has 1 rings (SSSR count). The molecule has 19 heavy (non-hydrogen) atoms. The van der Waals surface area contributed by atoms with Crippen LogP contribution in [0.4, 0.5) is 0 Å². The predicted molar refractivity (Wildman–Crippen MR) is 70.9 cm³/mol. The van der Waals surface area contributed by atoms with Crippen LogP contribution in [-0.2, 0) is 14.3 Å². The Balaban J connectivity index is 2.53. The summed E-state index contributed by atoms with van der Waals surface area (Å²) in [4.78, 5) is 24.8. The minimum absolute atomic E-state index is 0.00653. The van der Waals surface area contributed by atoms with Crippen molar-refractivity contribution in [3.05, 3.63) is 0 Å². The van der Waals surface area contributed by atoms with Gasteiger partial charge >= 0.3 is 5.97 Å². The summed E-state index contributed by atoms with van der Waals surface area (Å²) >= 11 is 0. The van der Waals surface area contributed by atoms with Crippen molar-refractivity contribution in [1.29, 1.82) is 0 Å². The zero-order chi connectivity index (χ0) is 14.3. The number of hydrogen-bond acceptors (Lipinski definition) is 4. The third-order valence-electron chi connectivity index (χ3n) is 3.39. The third-order valence-corrected chi connectivity index (χ3v) is 3.39. The highest BCUT2D eigenvalue weighted by atomic mass is 16.5. The van der Waals surface area contributed by atoms with E-state index in [4.69, 9.17) is 9.84 Å². The molecule has 1 aliphatic heterocycles. The normalized spacial score (nSPS) is 21.9. The fourth-order valence-corrected chi connectivity index (χ4v) is 2.24. The largest absolute Gasteiger partial charge is 0.481 e. The summed E-state index contributed by atoms with van der Waals surface area (Å²) in [7, 11) is 0. The van der Waals surface area contributed by atoms with Crippen molar-refractivity contribution in [2.75, 3.05) is 26.3 Å². The van der Waals surface area contributed by atoms with Crippen LogP contribution in [-0.4, -0.2) is 60.3 Å². The second-order valence-corrected chi connectivity index (χ2v) is 4.88. The van der Waals surface area contributed by atoms with Gasteiger partial charge in [0, 0.05) is 19.1 Å². The number of nitrogens with one attached hydrogen (secondary N) is 1. The Morgan fingerprint density at radius 3 is 2.89 bits per heavy atom. The maximum Gasteiger partial charge on any atom is 0.305 e. The number of rotatable bonds is 7. The molecule has 0 saturated carbocycles. The van der Waals surface area contributed by atoms with Crippen molar-refractivity contribution >= 4 is 11.9 Å². The van der Waals surface area contributed by atoms with E-state index < -0.39 is 5.97 Å². The monoisotopic (exact) mass is 272 g/mol. The molecule has 0 aliphatic carbocycles. The molecular weight excluding hydrogens is 248 g/mol. The van der Waals surface area contributed by atoms with E-state index in [0.717, 1.165) is 12.8 Å². The van der Waals surface area contributed by atoms with Gasteiger partial charge in [0.15, 0.2) is 0 Å². The molecule has 6 nitrogen and oxygen atoms in total. The van der Waals surface area contributed by atoms with Crippen LogP contribution >= 0.6 is 0 Å². The topological polar surface area (TPSA) is 78.9 Å². The number of carbonyl (C=O) groups excluding carboxylic acids is 1. The summed E-state index contributed by atoms with van der Waals surface area (Å²) in [6, 6.07) is -0.539. The number of carbonyl (C=O) groups is 2. The number of aliphatic carboxylic acids is 1. The average molecular weight is 272 g/mol. The Hall–Kier alpha value is -1.14. The molecule has 6 heteroatoms. The van der Waals surface area contributed by atoms with Crippen molar-refractivity contribution < 1.29 is 19.4 Å². The molecular formula is C13H24N2O4. The van der Waals surface area contributed by atoms with Crippen LogP contribution in [0.5, 0.6) is 0 Å². The Kier molecular flexibility index (Phi) is 6.80. The van der Waals surface area contributed by atoms with Gasteiger partial charge in [0.25, 0.3) is 0 Å². The Bertz CT molecular complexity index is 309. The number of morpholine rings is 1. The standard InChI is InChI=1S/C13H24N2O4/c1-3-4-5-14-13(18)10(2)15-6-7-19-9-11(15)8-12(16)17/h10-11H,3-9H2,1-2H3,(H,14,18)(H,16,17). The van der Waals surface area contributed by atoms with Gasteiger partial charge in [-0.1, -0.05) is 13.3 Å². The van der Waals surface area contributed by atoms with E-state index in [0.29, 0.717) is 26.3 Å². The van der Waals surface area contributed by atoms with E-state index in [1.54, 1.807) is 0 Å². The minimum atomic E-state index is -0.862. The smallest absolute Gasteiger partial charge is 0.305 e. The zero-order valence-corrected chi connectivity index (χ0v) is 11.7. The molecule has 110 valence electrons. The molecule has 1 heterocycles.